The molecule has 0 radical (unpaired) electrons. The molecule has 2 aromatic heterocycles. The summed E-state index contributed by atoms with van der Waals surface area (Å²) in [6.45, 7) is 0. The summed E-state index contributed by atoms with van der Waals surface area (Å²) in [7, 11) is 0. The Kier molecular flexibility index (Phi) is 2.13. The van der Waals surface area contributed by atoms with E-state index in [1.807, 2.05) is 0 Å². The molecule has 0 saturated carbocycles. The number of carboxylic acids is 1. The molecule has 76 valence electrons. The van der Waals surface area contributed by atoms with Crippen molar-refractivity contribution in [2.75, 3.05) is 0 Å². The van der Waals surface area contributed by atoms with Crippen LogP contribution in [0.2, 0.25) is 0 Å². The molecule has 2 N–H and O–H groups in total. The van der Waals surface area contributed by atoms with Crippen LogP contribution in [0.1, 0.15) is 10.6 Å². The van der Waals surface area contributed by atoms with Gasteiger partial charge in [0.15, 0.2) is 0 Å². The van der Waals surface area contributed by atoms with Gasteiger partial charge in [0.05, 0.1) is 5.56 Å². The molecule has 0 unspecified atom stereocenters. The Bertz CT molecular complexity index is 552. The third-order valence-electron chi connectivity index (χ3n) is 1.90. The molecular weight excluding hydrogens is 198 g/mol. The summed E-state index contributed by atoms with van der Waals surface area (Å²) in [5.74, 6) is -1.10. The van der Waals surface area contributed by atoms with Gasteiger partial charge in [0.1, 0.15) is 5.76 Å². The predicted octanol–water partition coefficient (Wildman–Crippen LogP) is 1.33. The molecule has 15 heavy (non-hydrogen) atoms. The van der Waals surface area contributed by atoms with Crippen LogP contribution in [0.4, 0.5) is 0 Å². The van der Waals surface area contributed by atoms with E-state index in [1.165, 1.54) is 18.3 Å². The Morgan fingerprint density at radius 2 is 2.13 bits per heavy atom. The van der Waals surface area contributed by atoms with Crippen molar-refractivity contribution < 1.29 is 14.3 Å². The van der Waals surface area contributed by atoms with Gasteiger partial charge in [-0.15, -0.1) is 0 Å². The summed E-state index contributed by atoms with van der Waals surface area (Å²) in [5, 5.41) is 8.63. The van der Waals surface area contributed by atoms with Crippen molar-refractivity contribution in [1.29, 1.82) is 0 Å². The normalized spacial score (nSPS) is 10.1. The molecule has 0 saturated heterocycles. The second kappa shape index (κ2) is 3.45. The molecule has 2 heterocycles. The molecule has 0 atom stereocenters. The van der Waals surface area contributed by atoms with Crippen molar-refractivity contribution in [3.63, 3.8) is 0 Å². The lowest BCUT2D eigenvalue weighted by atomic mass is 10.2. The van der Waals surface area contributed by atoms with E-state index in [4.69, 9.17) is 9.52 Å². The van der Waals surface area contributed by atoms with Crippen LogP contribution in [-0.4, -0.2) is 16.1 Å². The zero-order valence-electron chi connectivity index (χ0n) is 7.56. The minimum Gasteiger partial charge on any atom is -0.475 e. The molecule has 0 aliphatic heterocycles. The molecule has 0 aromatic carbocycles. The molecule has 5 heteroatoms. The average Bonchev–Trinajstić information content (AvgIpc) is 2.67. The van der Waals surface area contributed by atoms with Crippen LogP contribution in [0.15, 0.2) is 39.7 Å². The summed E-state index contributed by atoms with van der Waals surface area (Å²) >= 11 is 0. The van der Waals surface area contributed by atoms with Crippen LogP contribution in [-0.2, 0) is 0 Å². The fraction of sp³-hybridized carbons (Fsp3) is 0. The number of carboxylic acid groups (broad SMARTS) is 1. The SMILES string of the molecule is O=C(O)c1ccc(-c2ccc[nH]c2=O)o1. The van der Waals surface area contributed by atoms with E-state index in [2.05, 4.69) is 4.98 Å². The minimum absolute atomic E-state index is 0.187. The number of rotatable bonds is 2. The Morgan fingerprint density at radius 3 is 2.73 bits per heavy atom. The maximum Gasteiger partial charge on any atom is 0.371 e. The van der Waals surface area contributed by atoms with Crippen molar-refractivity contribution in [2.24, 2.45) is 0 Å². The van der Waals surface area contributed by atoms with Crippen LogP contribution in [0.5, 0.6) is 0 Å². The Morgan fingerprint density at radius 1 is 1.33 bits per heavy atom. The van der Waals surface area contributed by atoms with E-state index < -0.39 is 5.97 Å². The first-order valence-corrected chi connectivity index (χ1v) is 4.19. The summed E-state index contributed by atoms with van der Waals surface area (Å²) in [4.78, 5) is 24.4. The quantitative estimate of drug-likeness (QED) is 0.774. The molecule has 0 amide bonds. The Balaban J connectivity index is 2.51. The molecule has 2 rings (SSSR count). The first-order chi connectivity index (χ1) is 7.18. The lowest BCUT2D eigenvalue weighted by molar-refractivity contribution is 0.0663. The first-order valence-electron chi connectivity index (χ1n) is 4.19. The maximum atomic E-state index is 11.3. The largest absolute Gasteiger partial charge is 0.475 e. The average molecular weight is 205 g/mol. The van der Waals surface area contributed by atoms with E-state index in [1.54, 1.807) is 12.1 Å². The summed E-state index contributed by atoms with van der Waals surface area (Å²) in [5.41, 5.74) is -0.00575. The number of furan rings is 1. The highest BCUT2D eigenvalue weighted by Crippen LogP contribution is 2.18. The molecule has 0 spiro atoms. The van der Waals surface area contributed by atoms with Crippen molar-refractivity contribution in [3.05, 3.63) is 46.6 Å². The highest BCUT2D eigenvalue weighted by atomic mass is 16.4. The summed E-state index contributed by atoms with van der Waals surface area (Å²) in [6.07, 6.45) is 1.49. The third kappa shape index (κ3) is 1.67. The van der Waals surface area contributed by atoms with Gasteiger partial charge in [-0.1, -0.05) is 0 Å². The molecular formula is C10H7NO4. The van der Waals surface area contributed by atoms with E-state index in [9.17, 15) is 9.59 Å². The van der Waals surface area contributed by atoms with E-state index in [-0.39, 0.29) is 17.1 Å². The minimum atomic E-state index is -1.16. The number of hydrogen-bond acceptors (Lipinski definition) is 3. The van der Waals surface area contributed by atoms with Crippen LogP contribution in [0.3, 0.4) is 0 Å². The van der Waals surface area contributed by atoms with Crippen molar-refractivity contribution in [1.82, 2.24) is 4.98 Å². The van der Waals surface area contributed by atoms with Gasteiger partial charge in [0, 0.05) is 6.20 Å². The van der Waals surface area contributed by atoms with Crippen molar-refractivity contribution >= 4 is 5.97 Å². The highest BCUT2D eigenvalue weighted by molar-refractivity contribution is 5.85. The second-order valence-electron chi connectivity index (χ2n) is 2.88. The zero-order valence-corrected chi connectivity index (χ0v) is 7.56. The molecule has 0 fully saturated rings. The van der Waals surface area contributed by atoms with E-state index >= 15 is 0 Å². The number of aromatic carboxylic acids is 1. The standard InChI is InChI=1S/C10H7NO4/c12-9-6(2-1-5-11-9)7-3-4-8(15-7)10(13)14/h1-5H,(H,11,12)(H,13,14). The number of aromatic amines is 1. The van der Waals surface area contributed by atoms with Gasteiger partial charge >= 0.3 is 5.97 Å². The van der Waals surface area contributed by atoms with Crippen molar-refractivity contribution in [3.8, 4) is 11.3 Å². The Hall–Kier alpha value is -2.30. The monoisotopic (exact) mass is 205 g/mol. The van der Waals surface area contributed by atoms with Gasteiger partial charge in [-0.05, 0) is 24.3 Å². The topological polar surface area (TPSA) is 83.3 Å². The maximum absolute atomic E-state index is 11.3. The fourth-order valence-electron chi connectivity index (χ4n) is 1.21. The molecule has 0 aliphatic carbocycles. The van der Waals surface area contributed by atoms with Gasteiger partial charge in [-0.25, -0.2) is 4.79 Å². The predicted molar refractivity (Wildman–Crippen MR) is 51.7 cm³/mol. The van der Waals surface area contributed by atoms with Crippen LogP contribution >= 0.6 is 0 Å². The lowest BCUT2D eigenvalue weighted by Crippen LogP contribution is -2.06. The van der Waals surface area contributed by atoms with Gasteiger partial charge in [0.2, 0.25) is 5.76 Å². The van der Waals surface area contributed by atoms with E-state index in [0.717, 1.165) is 0 Å². The Labute approximate surface area is 84.0 Å². The first kappa shape index (κ1) is 9.26. The number of carbonyl (C=O) groups is 1. The van der Waals surface area contributed by atoms with Gasteiger partial charge in [0.25, 0.3) is 5.56 Å². The number of hydrogen-bond donors (Lipinski definition) is 2. The van der Waals surface area contributed by atoms with Gasteiger partial charge in [-0.3, -0.25) is 4.79 Å². The fourth-order valence-corrected chi connectivity index (χ4v) is 1.21. The number of pyridine rings is 1. The van der Waals surface area contributed by atoms with Gasteiger partial charge in [-0.2, -0.15) is 0 Å². The van der Waals surface area contributed by atoms with Gasteiger partial charge < -0.3 is 14.5 Å². The molecule has 0 bridgehead atoms. The number of nitrogens with one attached hydrogen (secondary N) is 1. The third-order valence-corrected chi connectivity index (χ3v) is 1.90. The van der Waals surface area contributed by atoms with Crippen molar-refractivity contribution in [2.45, 2.75) is 0 Å². The number of aromatic nitrogens is 1. The lowest BCUT2D eigenvalue weighted by Gasteiger charge is -1.93. The zero-order chi connectivity index (χ0) is 10.8. The van der Waals surface area contributed by atoms with Crippen LogP contribution in [0, 0.1) is 0 Å². The number of H-pyrrole nitrogens is 1. The highest BCUT2D eigenvalue weighted by Gasteiger charge is 2.11. The summed E-state index contributed by atoms with van der Waals surface area (Å²) in [6, 6.07) is 5.96. The van der Waals surface area contributed by atoms with Crippen LogP contribution < -0.4 is 5.56 Å². The molecule has 2 aromatic rings. The molecule has 0 aliphatic rings. The second-order valence-corrected chi connectivity index (χ2v) is 2.88. The smallest absolute Gasteiger partial charge is 0.371 e. The molecule has 5 nitrogen and oxygen atoms in total. The van der Waals surface area contributed by atoms with Crippen LogP contribution in [0.25, 0.3) is 11.3 Å². The van der Waals surface area contributed by atoms with E-state index in [0.29, 0.717) is 5.56 Å². The summed E-state index contributed by atoms with van der Waals surface area (Å²) < 4.78 is 4.99.